The van der Waals surface area contributed by atoms with Crippen molar-refractivity contribution in [3.8, 4) is 0 Å². The molecule has 0 aromatic carbocycles. The molecule has 0 rings (SSSR count). The van der Waals surface area contributed by atoms with Gasteiger partial charge in [0.05, 0.1) is 0 Å². The average Bonchev–Trinajstić information content (AvgIpc) is 1.95. The van der Waals surface area contributed by atoms with E-state index >= 15 is 0 Å². The minimum Gasteiger partial charge on any atom is -0.333 e. The molecule has 0 aromatic heterocycles. The van der Waals surface area contributed by atoms with Crippen molar-refractivity contribution in [2.45, 2.75) is 60.0 Å². The van der Waals surface area contributed by atoms with Gasteiger partial charge in [-0.2, -0.15) is 0 Å². The van der Waals surface area contributed by atoms with Crippen molar-refractivity contribution >= 4 is 6.03 Å². The van der Waals surface area contributed by atoms with Crippen LogP contribution >= 0.6 is 0 Å². The van der Waals surface area contributed by atoms with Crippen LogP contribution in [0.15, 0.2) is 0 Å². The van der Waals surface area contributed by atoms with Crippen LogP contribution in [0.5, 0.6) is 0 Å². The first-order valence-corrected chi connectivity index (χ1v) is 5.72. The van der Waals surface area contributed by atoms with Gasteiger partial charge in [0.2, 0.25) is 0 Å². The third kappa shape index (κ3) is 6.37. The Morgan fingerprint density at radius 3 is 1.93 bits per heavy atom. The molecule has 3 heteroatoms. The highest BCUT2D eigenvalue weighted by Crippen LogP contribution is 2.07. The molecule has 0 spiro atoms. The van der Waals surface area contributed by atoms with Crippen LogP contribution in [0.2, 0.25) is 0 Å². The Labute approximate surface area is 94.2 Å². The highest BCUT2D eigenvalue weighted by Gasteiger charge is 2.22. The lowest BCUT2D eigenvalue weighted by Gasteiger charge is -2.32. The molecule has 0 saturated carbocycles. The van der Waals surface area contributed by atoms with Gasteiger partial charge in [-0.15, -0.1) is 0 Å². The Morgan fingerprint density at radius 2 is 1.67 bits per heavy atom. The molecule has 0 aliphatic carbocycles. The van der Waals surface area contributed by atoms with Gasteiger partial charge in [0.25, 0.3) is 0 Å². The lowest BCUT2D eigenvalue weighted by molar-refractivity contribution is 0.166. The smallest absolute Gasteiger partial charge is 0.318 e. The molecule has 0 bridgehead atoms. The summed E-state index contributed by atoms with van der Waals surface area (Å²) < 4.78 is 0. The maximum atomic E-state index is 12.0. The second-order valence-corrected chi connectivity index (χ2v) is 5.82. The van der Waals surface area contributed by atoms with Crippen molar-refractivity contribution in [3.05, 3.63) is 0 Å². The number of nitrogens with one attached hydrogen (secondary N) is 1. The van der Waals surface area contributed by atoms with Crippen molar-refractivity contribution in [1.29, 1.82) is 0 Å². The molecule has 2 amide bonds. The van der Waals surface area contributed by atoms with Crippen LogP contribution in [0.25, 0.3) is 0 Å². The van der Waals surface area contributed by atoms with Crippen molar-refractivity contribution in [2.75, 3.05) is 6.54 Å². The summed E-state index contributed by atoms with van der Waals surface area (Å²) >= 11 is 0. The first kappa shape index (κ1) is 14.3. The fourth-order valence-corrected chi connectivity index (χ4v) is 1.31. The third-order valence-electron chi connectivity index (χ3n) is 1.93. The van der Waals surface area contributed by atoms with Gasteiger partial charge < -0.3 is 10.2 Å². The van der Waals surface area contributed by atoms with Gasteiger partial charge in [-0.3, -0.25) is 0 Å². The van der Waals surface area contributed by atoms with Gasteiger partial charge in [0.1, 0.15) is 0 Å². The number of amides is 2. The Kier molecular flexibility index (Phi) is 5.12. The van der Waals surface area contributed by atoms with Crippen LogP contribution in [0.4, 0.5) is 4.79 Å². The van der Waals surface area contributed by atoms with Crippen molar-refractivity contribution in [3.63, 3.8) is 0 Å². The van der Waals surface area contributed by atoms with Crippen LogP contribution in [0, 0.1) is 5.92 Å². The van der Waals surface area contributed by atoms with E-state index in [1.165, 1.54) is 0 Å². The monoisotopic (exact) mass is 214 g/mol. The molecule has 0 aliphatic rings. The number of rotatable bonds is 3. The summed E-state index contributed by atoms with van der Waals surface area (Å²) in [5, 5.41) is 2.99. The molecule has 0 fully saturated rings. The van der Waals surface area contributed by atoms with Crippen LogP contribution < -0.4 is 5.32 Å². The average molecular weight is 214 g/mol. The molecule has 0 saturated heterocycles. The summed E-state index contributed by atoms with van der Waals surface area (Å²) in [5.41, 5.74) is -0.165. The first-order valence-electron chi connectivity index (χ1n) is 5.72. The molecular formula is C12H26N2O. The van der Waals surface area contributed by atoms with Crippen molar-refractivity contribution < 1.29 is 4.79 Å². The number of hydrogen-bond acceptors (Lipinski definition) is 1. The standard InChI is InChI=1S/C12H26N2O/c1-9(2)8-14(10(3)4)11(15)13-12(5,6)7/h9-10H,8H2,1-7H3,(H,13,15). The van der Waals surface area contributed by atoms with Crippen LogP contribution in [-0.2, 0) is 0 Å². The number of urea groups is 1. The minimum atomic E-state index is -0.165. The molecule has 15 heavy (non-hydrogen) atoms. The molecule has 0 atom stereocenters. The Morgan fingerprint density at radius 1 is 1.20 bits per heavy atom. The summed E-state index contributed by atoms with van der Waals surface area (Å²) in [7, 11) is 0. The summed E-state index contributed by atoms with van der Waals surface area (Å²) in [6, 6.07) is 0.279. The summed E-state index contributed by atoms with van der Waals surface area (Å²) in [5.74, 6) is 0.498. The van der Waals surface area contributed by atoms with E-state index in [0.29, 0.717) is 5.92 Å². The lowest BCUT2D eigenvalue weighted by Crippen LogP contribution is -2.51. The van der Waals surface area contributed by atoms with Crippen LogP contribution in [0.3, 0.4) is 0 Å². The Balaban J connectivity index is 4.43. The zero-order chi connectivity index (χ0) is 12.2. The summed E-state index contributed by atoms with van der Waals surface area (Å²) in [6.45, 7) is 15.1. The lowest BCUT2D eigenvalue weighted by atomic mass is 10.1. The predicted molar refractivity (Wildman–Crippen MR) is 65.0 cm³/mol. The van der Waals surface area contributed by atoms with E-state index in [9.17, 15) is 4.79 Å². The molecule has 90 valence electrons. The zero-order valence-corrected chi connectivity index (χ0v) is 11.2. The van der Waals surface area contributed by atoms with Gasteiger partial charge in [-0.05, 0) is 40.5 Å². The molecule has 0 aromatic rings. The van der Waals surface area contributed by atoms with E-state index in [4.69, 9.17) is 0 Å². The first-order chi connectivity index (χ1) is 6.63. The fraction of sp³-hybridized carbons (Fsp3) is 0.917. The fourth-order valence-electron chi connectivity index (χ4n) is 1.31. The quantitative estimate of drug-likeness (QED) is 0.770. The highest BCUT2D eigenvalue weighted by molar-refractivity contribution is 5.75. The number of nitrogens with zero attached hydrogens (tertiary/aromatic N) is 1. The highest BCUT2D eigenvalue weighted by atomic mass is 16.2. The van der Waals surface area contributed by atoms with E-state index < -0.39 is 0 Å². The molecule has 3 nitrogen and oxygen atoms in total. The van der Waals surface area contributed by atoms with E-state index in [1.54, 1.807) is 0 Å². The second kappa shape index (κ2) is 5.38. The van der Waals surface area contributed by atoms with Gasteiger partial charge in [0.15, 0.2) is 0 Å². The van der Waals surface area contributed by atoms with Gasteiger partial charge >= 0.3 is 6.03 Å². The number of carbonyl (C=O) groups is 1. The Bertz CT molecular complexity index is 204. The normalized spacial score (nSPS) is 12.1. The molecule has 1 N–H and O–H groups in total. The zero-order valence-electron chi connectivity index (χ0n) is 11.2. The van der Waals surface area contributed by atoms with Gasteiger partial charge in [-0.1, -0.05) is 13.8 Å². The molecular weight excluding hydrogens is 188 g/mol. The molecule has 0 radical (unpaired) electrons. The van der Waals surface area contributed by atoms with Gasteiger partial charge in [-0.25, -0.2) is 4.79 Å². The molecule has 0 unspecified atom stereocenters. The summed E-state index contributed by atoms with van der Waals surface area (Å²) in [4.78, 5) is 13.8. The largest absolute Gasteiger partial charge is 0.333 e. The molecule has 0 heterocycles. The number of hydrogen-bond donors (Lipinski definition) is 1. The Hall–Kier alpha value is -0.730. The van der Waals surface area contributed by atoms with E-state index in [0.717, 1.165) is 6.54 Å². The summed E-state index contributed by atoms with van der Waals surface area (Å²) in [6.07, 6.45) is 0. The second-order valence-electron chi connectivity index (χ2n) is 5.82. The van der Waals surface area contributed by atoms with Crippen molar-refractivity contribution in [2.24, 2.45) is 5.92 Å². The van der Waals surface area contributed by atoms with E-state index in [1.807, 2.05) is 39.5 Å². The van der Waals surface area contributed by atoms with Crippen LogP contribution in [-0.4, -0.2) is 29.1 Å². The predicted octanol–water partition coefficient (Wildman–Crippen LogP) is 2.86. The third-order valence-corrected chi connectivity index (χ3v) is 1.93. The van der Waals surface area contributed by atoms with Gasteiger partial charge in [0, 0.05) is 18.1 Å². The maximum absolute atomic E-state index is 12.0. The van der Waals surface area contributed by atoms with E-state index in [-0.39, 0.29) is 17.6 Å². The molecule has 0 aliphatic heterocycles. The number of carbonyl (C=O) groups excluding carboxylic acids is 1. The maximum Gasteiger partial charge on any atom is 0.318 e. The van der Waals surface area contributed by atoms with E-state index in [2.05, 4.69) is 19.2 Å². The topological polar surface area (TPSA) is 32.3 Å². The van der Waals surface area contributed by atoms with Crippen molar-refractivity contribution in [1.82, 2.24) is 10.2 Å². The SMILES string of the molecule is CC(C)CN(C(=O)NC(C)(C)C)C(C)C. The minimum absolute atomic E-state index is 0.0335. The van der Waals surface area contributed by atoms with Crippen LogP contribution in [0.1, 0.15) is 48.5 Å².